The number of nitrogens with zero attached hydrogens (tertiary/aromatic N) is 5. The first-order valence-corrected chi connectivity index (χ1v) is 10.4. The predicted molar refractivity (Wildman–Crippen MR) is 122 cm³/mol. The smallest absolute Gasteiger partial charge is 0.254 e. The molecule has 1 amide bonds. The monoisotopic (exact) mass is 411 g/mol. The summed E-state index contributed by atoms with van der Waals surface area (Å²) in [5, 5.41) is 4.92. The van der Waals surface area contributed by atoms with Gasteiger partial charge in [-0.25, -0.2) is 4.68 Å². The SMILES string of the molecule is Cc1cccc(-n2nc3c(c2-n2cccc2)CN(C(=O)c2ccc(N(C)C)cc2)C3)c1. The van der Waals surface area contributed by atoms with Crippen molar-refractivity contribution in [1.29, 1.82) is 0 Å². The molecule has 0 spiro atoms. The van der Waals surface area contributed by atoms with E-state index in [1.807, 2.05) is 83.4 Å². The van der Waals surface area contributed by atoms with Gasteiger partial charge in [0.25, 0.3) is 5.91 Å². The van der Waals surface area contributed by atoms with Gasteiger partial charge in [0.1, 0.15) is 5.82 Å². The van der Waals surface area contributed by atoms with E-state index in [1.165, 1.54) is 5.56 Å². The molecule has 0 saturated carbocycles. The standard InChI is InChI=1S/C25H25N5O/c1-18-7-6-8-21(15-18)30-24(28-13-4-5-14-28)22-16-29(17-23(22)26-30)25(31)19-9-11-20(12-10-19)27(2)3/h4-15H,16-17H2,1-3H3. The first kappa shape index (κ1) is 19.2. The van der Waals surface area contributed by atoms with Crippen LogP contribution in [-0.2, 0) is 13.1 Å². The summed E-state index contributed by atoms with van der Waals surface area (Å²) in [4.78, 5) is 17.1. The van der Waals surface area contributed by atoms with Crippen LogP contribution in [0.25, 0.3) is 11.5 Å². The van der Waals surface area contributed by atoms with Gasteiger partial charge < -0.3 is 14.4 Å². The summed E-state index contributed by atoms with van der Waals surface area (Å²) in [7, 11) is 3.98. The fraction of sp³-hybridized carbons (Fsp3) is 0.200. The maximum Gasteiger partial charge on any atom is 0.254 e. The number of hydrogen-bond acceptors (Lipinski definition) is 3. The van der Waals surface area contributed by atoms with Crippen LogP contribution >= 0.6 is 0 Å². The summed E-state index contributed by atoms with van der Waals surface area (Å²) in [5.74, 6) is 1.02. The van der Waals surface area contributed by atoms with E-state index in [0.717, 1.165) is 28.5 Å². The van der Waals surface area contributed by atoms with E-state index in [4.69, 9.17) is 5.10 Å². The molecule has 3 heterocycles. The molecule has 0 unspecified atom stereocenters. The lowest BCUT2D eigenvalue weighted by Gasteiger charge is -2.18. The lowest BCUT2D eigenvalue weighted by molar-refractivity contribution is 0.0749. The van der Waals surface area contributed by atoms with Crippen molar-refractivity contribution in [2.45, 2.75) is 20.0 Å². The summed E-state index contributed by atoms with van der Waals surface area (Å²) < 4.78 is 4.07. The first-order chi connectivity index (χ1) is 15.0. The zero-order valence-electron chi connectivity index (χ0n) is 18.0. The maximum atomic E-state index is 13.2. The third-order valence-corrected chi connectivity index (χ3v) is 5.74. The highest BCUT2D eigenvalue weighted by Crippen LogP contribution is 2.31. The Hall–Kier alpha value is -3.80. The molecular formula is C25H25N5O. The number of hydrogen-bond donors (Lipinski definition) is 0. The molecule has 1 aliphatic rings. The van der Waals surface area contributed by atoms with Crippen LogP contribution in [0.4, 0.5) is 5.69 Å². The van der Waals surface area contributed by atoms with Gasteiger partial charge in [-0.3, -0.25) is 4.79 Å². The Morgan fingerprint density at radius 3 is 2.39 bits per heavy atom. The average molecular weight is 412 g/mol. The number of aromatic nitrogens is 3. The van der Waals surface area contributed by atoms with Crippen molar-refractivity contribution in [3.8, 4) is 11.5 Å². The van der Waals surface area contributed by atoms with Crippen LogP contribution in [0.15, 0.2) is 73.1 Å². The number of fused-ring (bicyclic) bond motifs is 1. The number of carbonyl (C=O) groups excluding carboxylic acids is 1. The molecule has 0 fully saturated rings. The summed E-state index contributed by atoms with van der Waals surface area (Å²) in [6, 6.07) is 20.1. The molecule has 4 aromatic rings. The molecule has 1 aliphatic heterocycles. The topological polar surface area (TPSA) is 46.3 Å². The van der Waals surface area contributed by atoms with Crippen molar-refractivity contribution in [2.24, 2.45) is 0 Å². The average Bonchev–Trinajstić information content (AvgIpc) is 3.49. The molecule has 5 rings (SSSR count). The third kappa shape index (κ3) is 3.40. The molecule has 2 aromatic heterocycles. The Bertz CT molecular complexity index is 1240. The Morgan fingerprint density at radius 2 is 1.71 bits per heavy atom. The Labute approximate surface area is 181 Å². The van der Waals surface area contributed by atoms with Gasteiger partial charge in [-0.05, 0) is 61.0 Å². The second-order valence-corrected chi connectivity index (χ2v) is 8.19. The van der Waals surface area contributed by atoms with Crippen molar-refractivity contribution in [3.05, 3.63) is 95.4 Å². The molecule has 0 bridgehead atoms. The quantitative estimate of drug-likeness (QED) is 0.506. The Morgan fingerprint density at radius 1 is 0.968 bits per heavy atom. The predicted octanol–water partition coefficient (Wildman–Crippen LogP) is 4.19. The molecule has 0 N–H and O–H groups in total. The fourth-order valence-electron chi connectivity index (χ4n) is 4.11. The van der Waals surface area contributed by atoms with Gasteiger partial charge in [0.05, 0.1) is 24.5 Å². The summed E-state index contributed by atoms with van der Waals surface area (Å²) >= 11 is 0. The van der Waals surface area contributed by atoms with Crippen LogP contribution < -0.4 is 4.90 Å². The molecular weight excluding hydrogens is 386 g/mol. The minimum atomic E-state index is 0.0314. The largest absolute Gasteiger partial charge is 0.378 e. The van der Waals surface area contributed by atoms with Crippen LogP contribution in [0.1, 0.15) is 27.2 Å². The van der Waals surface area contributed by atoms with E-state index in [2.05, 4.69) is 29.7 Å². The highest BCUT2D eigenvalue weighted by molar-refractivity contribution is 5.95. The molecule has 6 nitrogen and oxygen atoms in total. The summed E-state index contributed by atoms with van der Waals surface area (Å²) in [6.07, 6.45) is 4.04. The number of benzene rings is 2. The number of rotatable bonds is 4. The molecule has 0 radical (unpaired) electrons. The highest BCUT2D eigenvalue weighted by atomic mass is 16.2. The number of carbonyl (C=O) groups is 1. The van der Waals surface area contributed by atoms with Gasteiger partial charge >= 0.3 is 0 Å². The van der Waals surface area contributed by atoms with Gasteiger partial charge in [0.2, 0.25) is 0 Å². The van der Waals surface area contributed by atoms with E-state index in [1.54, 1.807) is 0 Å². The van der Waals surface area contributed by atoms with Crippen molar-refractivity contribution in [2.75, 3.05) is 19.0 Å². The fourth-order valence-corrected chi connectivity index (χ4v) is 4.11. The molecule has 0 aliphatic carbocycles. The van der Waals surface area contributed by atoms with Crippen LogP contribution in [-0.4, -0.2) is 39.3 Å². The third-order valence-electron chi connectivity index (χ3n) is 5.74. The van der Waals surface area contributed by atoms with Crippen LogP contribution in [0, 0.1) is 6.92 Å². The van der Waals surface area contributed by atoms with E-state index in [0.29, 0.717) is 18.7 Å². The summed E-state index contributed by atoms with van der Waals surface area (Å²) in [5.41, 5.74) is 6.02. The van der Waals surface area contributed by atoms with Gasteiger partial charge in [0, 0.05) is 43.3 Å². The van der Waals surface area contributed by atoms with E-state index in [9.17, 15) is 4.79 Å². The Balaban J connectivity index is 1.49. The minimum Gasteiger partial charge on any atom is -0.378 e. The van der Waals surface area contributed by atoms with Crippen molar-refractivity contribution < 1.29 is 4.79 Å². The molecule has 0 saturated heterocycles. The first-order valence-electron chi connectivity index (χ1n) is 10.4. The van der Waals surface area contributed by atoms with Crippen molar-refractivity contribution in [1.82, 2.24) is 19.2 Å². The molecule has 2 aromatic carbocycles. The van der Waals surface area contributed by atoms with E-state index in [-0.39, 0.29) is 5.91 Å². The van der Waals surface area contributed by atoms with Crippen molar-refractivity contribution in [3.63, 3.8) is 0 Å². The normalized spacial score (nSPS) is 12.8. The van der Waals surface area contributed by atoms with Gasteiger partial charge in [-0.2, -0.15) is 5.10 Å². The highest BCUT2D eigenvalue weighted by Gasteiger charge is 2.31. The van der Waals surface area contributed by atoms with Gasteiger partial charge in [-0.15, -0.1) is 0 Å². The van der Waals surface area contributed by atoms with E-state index >= 15 is 0 Å². The second-order valence-electron chi connectivity index (χ2n) is 8.19. The van der Waals surface area contributed by atoms with Crippen molar-refractivity contribution >= 4 is 11.6 Å². The molecule has 31 heavy (non-hydrogen) atoms. The lowest BCUT2D eigenvalue weighted by atomic mass is 10.1. The van der Waals surface area contributed by atoms with Crippen LogP contribution in [0.5, 0.6) is 0 Å². The Kier molecular flexibility index (Phi) is 4.62. The number of anilines is 1. The van der Waals surface area contributed by atoms with Gasteiger partial charge in [0.15, 0.2) is 0 Å². The van der Waals surface area contributed by atoms with Gasteiger partial charge in [-0.1, -0.05) is 12.1 Å². The second kappa shape index (κ2) is 7.47. The molecule has 0 atom stereocenters. The minimum absolute atomic E-state index is 0.0314. The lowest BCUT2D eigenvalue weighted by Crippen LogP contribution is -2.26. The number of aryl methyl sites for hydroxylation is 1. The molecule has 156 valence electrons. The molecule has 6 heteroatoms. The summed E-state index contributed by atoms with van der Waals surface area (Å²) in [6.45, 7) is 3.14. The van der Waals surface area contributed by atoms with E-state index < -0.39 is 0 Å². The zero-order chi connectivity index (χ0) is 21.5. The van der Waals surface area contributed by atoms with Crippen LogP contribution in [0.3, 0.4) is 0 Å². The zero-order valence-corrected chi connectivity index (χ0v) is 18.0. The maximum absolute atomic E-state index is 13.2. The van der Waals surface area contributed by atoms with Crippen LogP contribution in [0.2, 0.25) is 0 Å². The number of amides is 1.